The Hall–Kier alpha value is -2.40. The van der Waals surface area contributed by atoms with Crippen molar-refractivity contribution in [3.63, 3.8) is 0 Å². The summed E-state index contributed by atoms with van der Waals surface area (Å²) in [4.78, 5) is 12.6. The smallest absolute Gasteiger partial charge is 0.370 e. The van der Waals surface area contributed by atoms with E-state index < -0.39 is 0 Å². The molecular formula is C17H17ClN3O2+. The van der Waals surface area contributed by atoms with Crippen LogP contribution in [-0.2, 0) is 6.42 Å². The summed E-state index contributed by atoms with van der Waals surface area (Å²) >= 11 is 5.94. The third kappa shape index (κ3) is 2.68. The monoisotopic (exact) mass is 330 g/mol. The fraction of sp³-hybridized carbons (Fsp3) is 0.235. The molecule has 0 atom stereocenters. The first-order valence-corrected chi connectivity index (χ1v) is 7.83. The topological polar surface area (TPSA) is 58.5 Å². The lowest BCUT2D eigenvalue weighted by Gasteiger charge is -2.08. The average molecular weight is 331 g/mol. The molecule has 0 spiro atoms. The molecule has 6 heteroatoms. The Morgan fingerprint density at radius 1 is 1.22 bits per heavy atom. The number of fused-ring (bicyclic) bond motifs is 1. The first kappa shape index (κ1) is 15.5. The Morgan fingerprint density at radius 3 is 2.57 bits per heavy atom. The van der Waals surface area contributed by atoms with Crippen molar-refractivity contribution in [3.05, 3.63) is 63.0 Å². The molecule has 0 saturated carbocycles. The van der Waals surface area contributed by atoms with Gasteiger partial charge in [0.05, 0.1) is 0 Å². The zero-order chi connectivity index (χ0) is 16.6. The number of aromatic hydroxyl groups is 1. The van der Waals surface area contributed by atoms with Crippen molar-refractivity contribution in [1.82, 2.24) is 9.61 Å². The lowest BCUT2D eigenvalue weighted by molar-refractivity contribution is -0.581. The van der Waals surface area contributed by atoms with Crippen molar-refractivity contribution in [1.29, 1.82) is 0 Å². The van der Waals surface area contributed by atoms with E-state index in [1.165, 1.54) is 4.52 Å². The molecule has 3 rings (SSSR count). The number of aryl methyl sites for hydroxylation is 1. The molecule has 0 aliphatic rings. The van der Waals surface area contributed by atoms with E-state index >= 15 is 0 Å². The van der Waals surface area contributed by atoms with E-state index in [0.717, 1.165) is 17.7 Å². The first-order valence-electron chi connectivity index (χ1n) is 7.45. The number of halogens is 1. The Balaban J connectivity index is 2.43. The minimum atomic E-state index is -0.342. The van der Waals surface area contributed by atoms with Crippen molar-refractivity contribution < 1.29 is 9.67 Å². The highest BCUT2D eigenvalue weighted by atomic mass is 35.5. The normalized spacial score (nSPS) is 11.1. The highest BCUT2D eigenvalue weighted by Gasteiger charge is 2.25. The third-order valence-corrected chi connectivity index (χ3v) is 3.94. The van der Waals surface area contributed by atoms with Crippen LogP contribution in [0, 0.1) is 6.92 Å². The van der Waals surface area contributed by atoms with Crippen LogP contribution in [0.5, 0.6) is 5.88 Å². The number of nitrogens with zero attached hydrogens (tertiary/aromatic N) is 3. The van der Waals surface area contributed by atoms with Crippen LogP contribution in [0.2, 0.25) is 5.15 Å². The molecule has 118 valence electrons. The predicted octanol–water partition coefficient (Wildman–Crippen LogP) is 2.59. The van der Waals surface area contributed by atoms with Gasteiger partial charge in [-0.1, -0.05) is 52.3 Å². The van der Waals surface area contributed by atoms with Gasteiger partial charge in [0.1, 0.15) is 11.3 Å². The van der Waals surface area contributed by atoms with Gasteiger partial charge in [-0.25, -0.2) is 4.79 Å². The summed E-state index contributed by atoms with van der Waals surface area (Å²) in [6, 6.07) is 11.0. The summed E-state index contributed by atoms with van der Waals surface area (Å²) in [5.41, 5.74) is 2.32. The molecule has 1 N–H and O–H groups in total. The minimum Gasteiger partial charge on any atom is -0.477 e. The van der Waals surface area contributed by atoms with E-state index in [9.17, 15) is 9.90 Å². The summed E-state index contributed by atoms with van der Waals surface area (Å²) in [5.74, 6) is -0.0511. The molecule has 0 aliphatic heterocycles. The van der Waals surface area contributed by atoms with Gasteiger partial charge in [-0.05, 0) is 31.5 Å². The Morgan fingerprint density at radius 2 is 1.91 bits per heavy atom. The van der Waals surface area contributed by atoms with E-state index in [-0.39, 0.29) is 16.6 Å². The van der Waals surface area contributed by atoms with Crippen LogP contribution in [0.25, 0.3) is 11.3 Å². The fourth-order valence-corrected chi connectivity index (χ4v) is 2.74. The van der Waals surface area contributed by atoms with Gasteiger partial charge >= 0.3 is 11.2 Å². The molecule has 0 unspecified atom stereocenters. The molecule has 0 saturated heterocycles. The lowest BCUT2D eigenvalue weighted by Crippen LogP contribution is -2.40. The van der Waals surface area contributed by atoms with Gasteiger partial charge in [0.25, 0.3) is 5.88 Å². The second kappa shape index (κ2) is 6.01. The average Bonchev–Trinajstić information content (AvgIpc) is 2.54. The van der Waals surface area contributed by atoms with Gasteiger partial charge in [0.2, 0.25) is 0 Å². The number of hydrogen-bond acceptors (Lipinski definition) is 3. The number of rotatable bonds is 3. The molecule has 2 heterocycles. The van der Waals surface area contributed by atoms with Gasteiger partial charge in [0, 0.05) is 6.07 Å². The summed E-state index contributed by atoms with van der Waals surface area (Å²) < 4.78 is 2.86. The molecule has 0 aliphatic carbocycles. The second-order valence-corrected chi connectivity index (χ2v) is 5.84. The maximum atomic E-state index is 12.6. The summed E-state index contributed by atoms with van der Waals surface area (Å²) in [5, 5.41) is 15.0. The Bertz CT molecular complexity index is 933. The van der Waals surface area contributed by atoms with Crippen LogP contribution in [0.3, 0.4) is 0 Å². The molecule has 0 amide bonds. The molecule has 23 heavy (non-hydrogen) atoms. The van der Waals surface area contributed by atoms with E-state index in [4.69, 9.17) is 11.6 Å². The zero-order valence-electron chi connectivity index (χ0n) is 13.0. The Labute approximate surface area is 138 Å². The van der Waals surface area contributed by atoms with Crippen LogP contribution in [0.15, 0.2) is 41.2 Å². The quantitative estimate of drug-likeness (QED) is 0.751. The summed E-state index contributed by atoms with van der Waals surface area (Å²) in [7, 11) is 0. The van der Waals surface area contributed by atoms with Crippen molar-refractivity contribution in [2.24, 2.45) is 0 Å². The minimum absolute atomic E-state index is 0.0511. The lowest BCUT2D eigenvalue weighted by atomic mass is 10.1. The first-order chi connectivity index (χ1) is 11.0. The van der Waals surface area contributed by atoms with Gasteiger partial charge in [0.15, 0.2) is 5.15 Å². The molecule has 1 aromatic carbocycles. The van der Waals surface area contributed by atoms with Gasteiger partial charge in [-0.2, -0.15) is 4.57 Å². The van der Waals surface area contributed by atoms with E-state index in [1.54, 1.807) is 16.7 Å². The number of aromatic nitrogens is 3. The van der Waals surface area contributed by atoms with Crippen molar-refractivity contribution >= 4 is 17.2 Å². The molecule has 5 nitrogen and oxygen atoms in total. The molecule has 0 radical (unpaired) electrons. The number of benzene rings is 1. The maximum absolute atomic E-state index is 12.6. The van der Waals surface area contributed by atoms with E-state index in [0.29, 0.717) is 17.6 Å². The molecule has 2 aromatic heterocycles. The summed E-state index contributed by atoms with van der Waals surface area (Å²) in [6.07, 6.45) is 1.21. The molecule has 0 fully saturated rings. The van der Waals surface area contributed by atoms with Crippen LogP contribution < -0.4 is 10.1 Å². The van der Waals surface area contributed by atoms with Gasteiger partial charge in [-0.15, -0.1) is 0 Å². The standard InChI is InChI=1S/C17H16ClN3O2/c1-3-4-13-16(22)20(12-7-5-11(2)6-8-12)15-10-9-14(18)19-21(15)17(13)23/h5-10H,3-4H2,1-2H3/p+1. The summed E-state index contributed by atoms with van der Waals surface area (Å²) in [6.45, 7) is 3.95. The van der Waals surface area contributed by atoms with Crippen molar-refractivity contribution in [2.75, 3.05) is 0 Å². The van der Waals surface area contributed by atoms with Crippen molar-refractivity contribution in [3.8, 4) is 11.6 Å². The fourth-order valence-electron chi connectivity index (χ4n) is 2.60. The largest absolute Gasteiger partial charge is 0.477 e. The molecule has 0 bridgehead atoms. The Kier molecular flexibility index (Phi) is 4.05. The second-order valence-electron chi connectivity index (χ2n) is 5.45. The highest BCUT2D eigenvalue weighted by Crippen LogP contribution is 2.16. The zero-order valence-corrected chi connectivity index (χ0v) is 13.7. The highest BCUT2D eigenvalue weighted by molar-refractivity contribution is 6.29. The van der Waals surface area contributed by atoms with E-state index in [2.05, 4.69) is 5.10 Å². The predicted molar refractivity (Wildman–Crippen MR) is 88.4 cm³/mol. The van der Waals surface area contributed by atoms with Gasteiger partial charge < -0.3 is 5.11 Å². The third-order valence-electron chi connectivity index (χ3n) is 3.74. The van der Waals surface area contributed by atoms with Crippen LogP contribution in [0.1, 0.15) is 24.5 Å². The van der Waals surface area contributed by atoms with E-state index in [1.807, 2.05) is 38.1 Å². The molecular weight excluding hydrogens is 314 g/mol. The van der Waals surface area contributed by atoms with Crippen molar-refractivity contribution in [2.45, 2.75) is 26.7 Å². The van der Waals surface area contributed by atoms with Crippen LogP contribution >= 0.6 is 11.6 Å². The SMILES string of the molecule is CCCc1c(O)[n+](-c2ccc(C)cc2)c2ccc(Cl)nn2c1=O. The van der Waals surface area contributed by atoms with Crippen LogP contribution in [-0.4, -0.2) is 14.7 Å². The number of hydrogen-bond donors (Lipinski definition) is 1. The van der Waals surface area contributed by atoms with Gasteiger partial charge in [-0.3, -0.25) is 0 Å². The molecule has 3 aromatic rings. The van der Waals surface area contributed by atoms with Crippen LogP contribution in [0.4, 0.5) is 0 Å². The maximum Gasteiger partial charge on any atom is 0.370 e.